The van der Waals surface area contributed by atoms with Gasteiger partial charge in [0.1, 0.15) is 12.2 Å². The van der Waals surface area contributed by atoms with E-state index in [-0.39, 0.29) is 19.8 Å². The Kier molecular flexibility index (Phi) is 5.89. The first-order valence-electron chi connectivity index (χ1n) is 8.26. The standard InChI is InChI=1S/C18H26N2O5/c1-17(2,3)25-16(23)20-11-18(12-20,13-21)10-19-15(22)24-9-14-7-5-4-6-8-14/h4-8,21H,9-13H2,1-3H3,(H,19,22). The zero-order valence-electron chi connectivity index (χ0n) is 14.9. The lowest BCUT2D eigenvalue weighted by Crippen LogP contribution is -2.64. The molecule has 0 saturated carbocycles. The summed E-state index contributed by atoms with van der Waals surface area (Å²) in [6, 6.07) is 9.37. The molecule has 7 nitrogen and oxygen atoms in total. The number of benzene rings is 1. The third kappa shape index (κ3) is 5.63. The first-order valence-corrected chi connectivity index (χ1v) is 8.26. The SMILES string of the molecule is CC(C)(C)OC(=O)N1CC(CO)(CNC(=O)OCc2ccccc2)C1. The van der Waals surface area contributed by atoms with Crippen LogP contribution in [0, 0.1) is 5.41 Å². The lowest BCUT2D eigenvalue weighted by atomic mass is 9.81. The van der Waals surface area contributed by atoms with Gasteiger partial charge in [-0.25, -0.2) is 9.59 Å². The Labute approximate surface area is 147 Å². The highest BCUT2D eigenvalue weighted by molar-refractivity contribution is 5.70. The number of aliphatic hydroxyl groups is 1. The molecule has 0 atom stereocenters. The number of hydrogen-bond acceptors (Lipinski definition) is 5. The van der Waals surface area contributed by atoms with Gasteiger partial charge in [-0.3, -0.25) is 0 Å². The lowest BCUT2D eigenvalue weighted by molar-refractivity contribution is -0.0542. The summed E-state index contributed by atoms with van der Waals surface area (Å²) in [5, 5.41) is 12.3. The molecule has 25 heavy (non-hydrogen) atoms. The summed E-state index contributed by atoms with van der Waals surface area (Å²) in [6.45, 7) is 6.34. The average molecular weight is 350 g/mol. The Bertz CT molecular complexity index is 591. The largest absolute Gasteiger partial charge is 0.445 e. The normalized spacial score (nSPS) is 15.9. The van der Waals surface area contributed by atoms with Gasteiger partial charge in [0, 0.05) is 25.0 Å². The molecule has 0 unspecified atom stereocenters. The van der Waals surface area contributed by atoms with E-state index in [1.807, 2.05) is 30.3 Å². The van der Waals surface area contributed by atoms with Crippen LogP contribution in [0.2, 0.25) is 0 Å². The molecule has 0 aliphatic carbocycles. The zero-order valence-corrected chi connectivity index (χ0v) is 14.9. The molecule has 7 heteroatoms. The highest BCUT2D eigenvalue weighted by atomic mass is 16.6. The lowest BCUT2D eigenvalue weighted by Gasteiger charge is -2.48. The van der Waals surface area contributed by atoms with Crippen molar-refractivity contribution in [1.82, 2.24) is 10.2 Å². The van der Waals surface area contributed by atoms with Crippen molar-refractivity contribution in [1.29, 1.82) is 0 Å². The number of carbonyl (C=O) groups excluding carboxylic acids is 2. The average Bonchev–Trinajstić information content (AvgIpc) is 2.51. The number of rotatable bonds is 5. The molecule has 1 saturated heterocycles. The number of nitrogens with zero attached hydrogens (tertiary/aromatic N) is 1. The third-order valence-corrected chi connectivity index (χ3v) is 3.86. The fourth-order valence-corrected chi connectivity index (χ4v) is 2.52. The molecular weight excluding hydrogens is 324 g/mol. The second-order valence-corrected chi connectivity index (χ2v) is 7.41. The van der Waals surface area contributed by atoms with Crippen molar-refractivity contribution in [2.24, 2.45) is 5.41 Å². The van der Waals surface area contributed by atoms with Crippen LogP contribution in [0.3, 0.4) is 0 Å². The minimum Gasteiger partial charge on any atom is -0.445 e. The van der Waals surface area contributed by atoms with Gasteiger partial charge < -0.3 is 24.8 Å². The van der Waals surface area contributed by atoms with Crippen LogP contribution >= 0.6 is 0 Å². The molecule has 0 spiro atoms. The minimum absolute atomic E-state index is 0.134. The van der Waals surface area contributed by atoms with E-state index in [0.29, 0.717) is 13.1 Å². The number of alkyl carbamates (subject to hydrolysis) is 1. The molecule has 0 bridgehead atoms. The molecule has 138 valence electrons. The number of nitrogens with one attached hydrogen (secondary N) is 1. The van der Waals surface area contributed by atoms with Crippen molar-refractivity contribution in [3.63, 3.8) is 0 Å². The highest BCUT2D eigenvalue weighted by Crippen LogP contribution is 2.30. The van der Waals surface area contributed by atoms with Gasteiger partial charge in [0.25, 0.3) is 0 Å². The second-order valence-electron chi connectivity index (χ2n) is 7.41. The summed E-state index contributed by atoms with van der Waals surface area (Å²) in [5.41, 5.74) is -0.217. The predicted molar refractivity (Wildman–Crippen MR) is 92.0 cm³/mol. The maximum absolute atomic E-state index is 12.0. The Balaban J connectivity index is 1.74. The topological polar surface area (TPSA) is 88.1 Å². The molecule has 2 amide bonds. The second kappa shape index (κ2) is 7.74. The number of ether oxygens (including phenoxy) is 2. The number of likely N-dealkylation sites (tertiary alicyclic amines) is 1. The summed E-state index contributed by atoms with van der Waals surface area (Å²) < 4.78 is 10.4. The third-order valence-electron chi connectivity index (χ3n) is 3.86. The molecule has 0 radical (unpaired) electrons. The van der Waals surface area contributed by atoms with E-state index in [1.54, 1.807) is 20.8 Å². The van der Waals surface area contributed by atoms with E-state index < -0.39 is 23.2 Å². The minimum atomic E-state index is -0.561. The van der Waals surface area contributed by atoms with E-state index in [0.717, 1.165) is 5.56 Å². The van der Waals surface area contributed by atoms with Crippen LogP contribution in [0.5, 0.6) is 0 Å². The van der Waals surface area contributed by atoms with Gasteiger partial charge >= 0.3 is 12.2 Å². The quantitative estimate of drug-likeness (QED) is 0.849. The fraction of sp³-hybridized carbons (Fsp3) is 0.556. The maximum Gasteiger partial charge on any atom is 0.410 e. The monoisotopic (exact) mass is 350 g/mol. The number of amides is 2. The first-order chi connectivity index (χ1) is 11.7. The van der Waals surface area contributed by atoms with Gasteiger partial charge in [0.2, 0.25) is 0 Å². The van der Waals surface area contributed by atoms with Gasteiger partial charge in [0.05, 0.1) is 6.61 Å². The van der Waals surface area contributed by atoms with Gasteiger partial charge in [-0.05, 0) is 26.3 Å². The number of hydrogen-bond donors (Lipinski definition) is 2. The molecule has 1 aromatic rings. The van der Waals surface area contributed by atoms with Crippen LogP contribution in [-0.4, -0.2) is 54.0 Å². The molecule has 1 heterocycles. The van der Waals surface area contributed by atoms with Crippen molar-refractivity contribution in [2.75, 3.05) is 26.2 Å². The molecule has 2 N–H and O–H groups in total. The number of carbonyl (C=O) groups is 2. The van der Waals surface area contributed by atoms with Gasteiger partial charge in [-0.2, -0.15) is 0 Å². The number of aliphatic hydroxyl groups excluding tert-OH is 1. The molecule has 2 rings (SSSR count). The summed E-state index contributed by atoms with van der Waals surface area (Å²) in [6.07, 6.45) is -0.962. The molecule has 1 fully saturated rings. The summed E-state index contributed by atoms with van der Waals surface area (Å²) in [4.78, 5) is 25.3. The van der Waals surface area contributed by atoms with Crippen LogP contribution in [0.1, 0.15) is 26.3 Å². The van der Waals surface area contributed by atoms with Crippen molar-refractivity contribution in [2.45, 2.75) is 33.0 Å². The van der Waals surface area contributed by atoms with Gasteiger partial charge in [0.15, 0.2) is 0 Å². The summed E-state index contributed by atoms with van der Waals surface area (Å²) in [5.74, 6) is 0. The molecule has 1 aliphatic heterocycles. The van der Waals surface area contributed by atoms with Gasteiger partial charge in [-0.1, -0.05) is 30.3 Å². The van der Waals surface area contributed by atoms with Crippen LogP contribution in [0.15, 0.2) is 30.3 Å². The summed E-state index contributed by atoms with van der Waals surface area (Å²) in [7, 11) is 0. The maximum atomic E-state index is 12.0. The van der Waals surface area contributed by atoms with Crippen LogP contribution < -0.4 is 5.32 Å². The first kappa shape index (κ1) is 19.1. The van der Waals surface area contributed by atoms with E-state index in [4.69, 9.17) is 9.47 Å². The molecular formula is C18H26N2O5. The predicted octanol–water partition coefficient (Wildman–Crippen LogP) is 2.14. The fourth-order valence-electron chi connectivity index (χ4n) is 2.52. The Hall–Kier alpha value is -2.28. The van der Waals surface area contributed by atoms with Crippen LogP contribution in [0.25, 0.3) is 0 Å². The van der Waals surface area contributed by atoms with Crippen LogP contribution in [-0.2, 0) is 16.1 Å². The van der Waals surface area contributed by atoms with Crippen LogP contribution in [0.4, 0.5) is 9.59 Å². The van der Waals surface area contributed by atoms with E-state index in [9.17, 15) is 14.7 Å². The Morgan fingerprint density at radius 3 is 2.44 bits per heavy atom. The smallest absolute Gasteiger partial charge is 0.410 e. The van der Waals surface area contributed by atoms with E-state index in [2.05, 4.69) is 5.32 Å². The van der Waals surface area contributed by atoms with Crippen molar-refractivity contribution in [3.05, 3.63) is 35.9 Å². The molecule has 1 aromatic carbocycles. The van der Waals surface area contributed by atoms with Crippen molar-refractivity contribution in [3.8, 4) is 0 Å². The Morgan fingerprint density at radius 2 is 1.88 bits per heavy atom. The highest BCUT2D eigenvalue weighted by Gasteiger charge is 2.46. The van der Waals surface area contributed by atoms with Crippen molar-refractivity contribution >= 4 is 12.2 Å². The molecule has 1 aliphatic rings. The van der Waals surface area contributed by atoms with E-state index in [1.165, 1.54) is 4.90 Å². The van der Waals surface area contributed by atoms with Crippen molar-refractivity contribution < 1.29 is 24.2 Å². The van der Waals surface area contributed by atoms with Gasteiger partial charge in [-0.15, -0.1) is 0 Å². The zero-order chi connectivity index (χ0) is 18.5. The Morgan fingerprint density at radius 1 is 1.24 bits per heavy atom. The van der Waals surface area contributed by atoms with E-state index >= 15 is 0 Å². The summed E-state index contributed by atoms with van der Waals surface area (Å²) >= 11 is 0. The molecule has 0 aromatic heterocycles.